The van der Waals surface area contributed by atoms with Gasteiger partial charge in [-0.2, -0.15) is 0 Å². The maximum atomic E-state index is 5.16. The van der Waals surface area contributed by atoms with Crippen molar-refractivity contribution in [3.05, 3.63) is 77.9 Å². The second-order valence-corrected chi connectivity index (χ2v) is 5.13. The molecule has 0 aromatic heterocycles. The van der Waals surface area contributed by atoms with E-state index in [1.165, 1.54) is 21.9 Å². The fraction of sp³-hybridized carbons (Fsp3) is 0.158. The molecular weight excluding hydrogens is 338 g/mol. The standard InChI is InChI=1S/C19H19NO.BrH/c1-21-19-10-7-15(8-11-19)13-20-14-16-6-9-17-4-2-3-5-18(17)12-16;/h2-12,20H,13-14H2,1H3;1H. The molecule has 3 aromatic rings. The zero-order valence-electron chi connectivity index (χ0n) is 12.6. The fourth-order valence-electron chi connectivity index (χ4n) is 2.44. The summed E-state index contributed by atoms with van der Waals surface area (Å²) in [5, 5.41) is 6.06. The van der Waals surface area contributed by atoms with E-state index in [-0.39, 0.29) is 17.0 Å². The summed E-state index contributed by atoms with van der Waals surface area (Å²) in [6.07, 6.45) is 0. The van der Waals surface area contributed by atoms with Gasteiger partial charge in [0.25, 0.3) is 0 Å². The van der Waals surface area contributed by atoms with Gasteiger partial charge in [0.15, 0.2) is 0 Å². The van der Waals surface area contributed by atoms with Crippen LogP contribution >= 0.6 is 17.0 Å². The second kappa shape index (κ2) is 7.97. The zero-order valence-corrected chi connectivity index (χ0v) is 14.3. The quantitative estimate of drug-likeness (QED) is 0.713. The smallest absolute Gasteiger partial charge is 0.118 e. The van der Waals surface area contributed by atoms with E-state index in [2.05, 4.69) is 59.9 Å². The van der Waals surface area contributed by atoms with Gasteiger partial charge < -0.3 is 10.1 Å². The van der Waals surface area contributed by atoms with Gasteiger partial charge in [0.2, 0.25) is 0 Å². The van der Waals surface area contributed by atoms with E-state index in [1.807, 2.05) is 12.1 Å². The molecule has 0 fully saturated rings. The number of benzene rings is 3. The Balaban J connectivity index is 0.00000176. The number of nitrogens with one attached hydrogen (secondary N) is 1. The molecule has 0 bridgehead atoms. The van der Waals surface area contributed by atoms with Crippen LogP contribution in [0.25, 0.3) is 10.8 Å². The van der Waals surface area contributed by atoms with E-state index >= 15 is 0 Å². The molecule has 0 aliphatic carbocycles. The van der Waals surface area contributed by atoms with Gasteiger partial charge in [0.1, 0.15) is 5.75 Å². The van der Waals surface area contributed by atoms with Gasteiger partial charge in [-0.1, -0.05) is 48.5 Å². The van der Waals surface area contributed by atoms with Crippen molar-refractivity contribution in [1.82, 2.24) is 5.32 Å². The van der Waals surface area contributed by atoms with Gasteiger partial charge in [0.05, 0.1) is 7.11 Å². The highest BCUT2D eigenvalue weighted by Gasteiger charge is 1.97. The highest BCUT2D eigenvalue weighted by atomic mass is 79.9. The van der Waals surface area contributed by atoms with Crippen molar-refractivity contribution in [2.75, 3.05) is 7.11 Å². The molecule has 114 valence electrons. The topological polar surface area (TPSA) is 21.3 Å². The molecule has 0 aliphatic heterocycles. The molecule has 0 heterocycles. The number of methoxy groups -OCH3 is 1. The summed E-state index contributed by atoms with van der Waals surface area (Å²) in [6.45, 7) is 1.73. The van der Waals surface area contributed by atoms with Crippen LogP contribution < -0.4 is 10.1 Å². The van der Waals surface area contributed by atoms with Crippen molar-refractivity contribution in [2.45, 2.75) is 13.1 Å². The molecule has 1 N–H and O–H groups in total. The SMILES string of the molecule is Br.COc1ccc(CNCc2ccc3ccccc3c2)cc1. The first-order chi connectivity index (χ1) is 10.3. The molecule has 2 nitrogen and oxygen atoms in total. The molecule has 0 unspecified atom stereocenters. The summed E-state index contributed by atoms with van der Waals surface area (Å²) in [7, 11) is 1.69. The van der Waals surface area contributed by atoms with Crippen LogP contribution in [-0.2, 0) is 13.1 Å². The number of ether oxygens (including phenoxy) is 1. The Morgan fingerprint density at radius 1 is 0.773 bits per heavy atom. The second-order valence-electron chi connectivity index (χ2n) is 5.13. The minimum absolute atomic E-state index is 0. The predicted octanol–water partition coefficient (Wildman–Crippen LogP) is 4.72. The van der Waals surface area contributed by atoms with Gasteiger partial charge in [-0.15, -0.1) is 17.0 Å². The molecule has 0 atom stereocenters. The van der Waals surface area contributed by atoms with Crippen molar-refractivity contribution >= 4 is 27.8 Å². The van der Waals surface area contributed by atoms with Gasteiger partial charge in [0, 0.05) is 13.1 Å². The van der Waals surface area contributed by atoms with Crippen LogP contribution in [0.5, 0.6) is 5.75 Å². The summed E-state index contributed by atoms with van der Waals surface area (Å²) < 4.78 is 5.16. The normalized spacial score (nSPS) is 10.2. The van der Waals surface area contributed by atoms with Crippen LogP contribution in [-0.4, -0.2) is 7.11 Å². The third-order valence-electron chi connectivity index (χ3n) is 3.63. The predicted molar refractivity (Wildman–Crippen MR) is 97.8 cm³/mol. The van der Waals surface area contributed by atoms with Gasteiger partial charge in [-0.3, -0.25) is 0 Å². The molecule has 0 saturated heterocycles. The first kappa shape index (κ1) is 16.5. The van der Waals surface area contributed by atoms with Crippen LogP contribution in [0, 0.1) is 0 Å². The Bertz CT molecular complexity index is 725. The van der Waals surface area contributed by atoms with Crippen LogP contribution in [0.1, 0.15) is 11.1 Å². The summed E-state index contributed by atoms with van der Waals surface area (Å²) in [5.41, 5.74) is 2.57. The van der Waals surface area contributed by atoms with Crippen molar-refractivity contribution in [3.8, 4) is 5.75 Å². The molecule has 22 heavy (non-hydrogen) atoms. The monoisotopic (exact) mass is 357 g/mol. The van der Waals surface area contributed by atoms with Crippen molar-refractivity contribution in [1.29, 1.82) is 0 Å². The third-order valence-corrected chi connectivity index (χ3v) is 3.63. The van der Waals surface area contributed by atoms with Crippen molar-refractivity contribution in [3.63, 3.8) is 0 Å². The highest BCUT2D eigenvalue weighted by Crippen LogP contribution is 2.16. The molecule has 0 radical (unpaired) electrons. The summed E-state index contributed by atoms with van der Waals surface area (Å²) in [4.78, 5) is 0. The average Bonchev–Trinajstić information content (AvgIpc) is 2.55. The Morgan fingerprint density at radius 3 is 2.14 bits per heavy atom. The summed E-state index contributed by atoms with van der Waals surface area (Å²) in [6, 6.07) is 23.2. The maximum absolute atomic E-state index is 5.16. The molecule has 0 saturated carbocycles. The summed E-state index contributed by atoms with van der Waals surface area (Å²) in [5.74, 6) is 0.897. The van der Waals surface area contributed by atoms with E-state index in [1.54, 1.807) is 7.11 Å². The van der Waals surface area contributed by atoms with Crippen LogP contribution in [0.3, 0.4) is 0 Å². The molecule has 0 spiro atoms. The highest BCUT2D eigenvalue weighted by molar-refractivity contribution is 8.93. The minimum atomic E-state index is 0. The van der Waals surface area contributed by atoms with Crippen molar-refractivity contribution in [2.24, 2.45) is 0 Å². The van der Waals surface area contributed by atoms with E-state index in [0.29, 0.717) is 0 Å². The summed E-state index contributed by atoms with van der Waals surface area (Å²) >= 11 is 0. The molecule has 3 aromatic carbocycles. The third kappa shape index (κ3) is 4.09. The zero-order chi connectivity index (χ0) is 14.5. The molecule has 0 amide bonds. The fourth-order valence-corrected chi connectivity index (χ4v) is 2.44. The maximum Gasteiger partial charge on any atom is 0.118 e. The van der Waals surface area contributed by atoms with E-state index in [4.69, 9.17) is 4.74 Å². The van der Waals surface area contributed by atoms with Gasteiger partial charge in [-0.25, -0.2) is 0 Å². The molecule has 3 rings (SSSR count). The van der Waals surface area contributed by atoms with E-state index in [0.717, 1.165) is 18.8 Å². The van der Waals surface area contributed by atoms with Crippen molar-refractivity contribution < 1.29 is 4.74 Å². The number of halogens is 1. The molecular formula is C19H20BrNO. The van der Waals surface area contributed by atoms with Crippen LogP contribution in [0.2, 0.25) is 0 Å². The molecule has 3 heteroatoms. The average molecular weight is 358 g/mol. The van der Waals surface area contributed by atoms with Gasteiger partial charge >= 0.3 is 0 Å². The lowest BCUT2D eigenvalue weighted by Crippen LogP contribution is -2.12. The number of fused-ring (bicyclic) bond motifs is 1. The van der Waals surface area contributed by atoms with E-state index < -0.39 is 0 Å². The lowest BCUT2D eigenvalue weighted by Gasteiger charge is -2.07. The Hall–Kier alpha value is -1.84. The molecule has 0 aliphatic rings. The first-order valence-corrected chi connectivity index (χ1v) is 7.16. The Morgan fingerprint density at radius 2 is 1.41 bits per heavy atom. The Kier molecular flexibility index (Phi) is 5.99. The van der Waals surface area contributed by atoms with Crippen LogP contribution in [0.4, 0.5) is 0 Å². The number of rotatable bonds is 5. The lowest BCUT2D eigenvalue weighted by molar-refractivity contribution is 0.414. The number of hydrogen-bond acceptors (Lipinski definition) is 2. The number of hydrogen-bond donors (Lipinski definition) is 1. The largest absolute Gasteiger partial charge is 0.497 e. The van der Waals surface area contributed by atoms with E-state index in [9.17, 15) is 0 Å². The lowest BCUT2D eigenvalue weighted by atomic mass is 10.1. The Labute approximate surface area is 141 Å². The minimum Gasteiger partial charge on any atom is -0.497 e. The van der Waals surface area contributed by atoms with Gasteiger partial charge in [-0.05, 0) is 40.1 Å². The van der Waals surface area contributed by atoms with Crippen LogP contribution in [0.15, 0.2) is 66.7 Å². The first-order valence-electron chi connectivity index (χ1n) is 7.16.